The Labute approximate surface area is 165 Å². The van der Waals surface area contributed by atoms with Crippen molar-refractivity contribution in [2.75, 3.05) is 0 Å². The third kappa shape index (κ3) is 3.08. The van der Waals surface area contributed by atoms with E-state index in [4.69, 9.17) is 0 Å². The smallest absolute Gasteiger partial charge is 1.00 e. The van der Waals surface area contributed by atoms with Gasteiger partial charge in [-0.2, -0.15) is 0 Å². The number of benzene rings is 2. The van der Waals surface area contributed by atoms with Gasteiger partial charge in [-0.25, -0.2) is 0 Å². The molecule has 0 spiro atoms. The first-order valence-corrected chi connectivity index (χ1v) is 9.96. The number of aromatic amines is 1. The van der Waals surface area contributed by atoms with Crippen LogP contribution in [0.25, 0.3) is 20.3 Å². The van der Waals surface area contributed by atoms with Gasteiger partial charge in [-0.15, -0.1) is 0 Å². The van der Waals surface area contributed by atoms with Gasteiger partial charge in [0.2, 0.25) is 0 Å². The van der Waals surface area contributed by atoms with Crippen LogP contribution < -0.4 is 38.7 Å². The molecule has 1 aliphatic carbocycles. The molecule has 0 saturated heterocycles. The molecule has 0 fully saturated rings. The molecular weight excluding hydrogens is 416 g/mol. The number of aromatic nitrogens is 1. The number of fused-ring (bicyclic) bond motifs is 2. The summed E-state index contributed by atoms with van der Waals surface area (Å²) in [6.07, 6.45) is 2.23. The zero-order valence-electron chi connectivity index (χ0n) is 13.6. The number of rotatable bonds is 2. The summed E-state index contributed by atoms with van der Waals surface area (Å²) in [5.74, 6) is 0. The molecule has 0 atom stereocenters. The molecule has 0 saturated carbocycles. The van der Waals surface area contributed by atoms with Crippen molar-refractivity contribution in [3.05, 3.63) is 76.2 Å². The van der Waals surface area contributed by atoms with Crippen molar-refractivity contribution in [3.8, 4) is 0 Å². The zero-order chi connectivity index (χ0) is 15.3. The van der Waals surface area contributed by atoms with Crippen molar-refractivity contribution in [2.24, 2.45) is 0 Å². The fraction of sp³-hybridized carbons (Fsp3) is 0.100. The molecule has 1 aromatic heterocycles. The number of hydrogen-bond donors (Lipinski definition) is 1. The maximum atomic E-state index is 4.28. The third-order valence-electron chi connectivity index (χ3n) is 4.41. The van der Waals surface area contributed by atoms with Gasteiger partial charge in [0.1, 0.15) is 0 Å². The summed E-state index contributed by atoms with van der Waals surface area (Å²) in [4.78, 5) is 3.68. The summed E-state index contributed by atoms with van der Waals surface area (Å²) in [6, 6.07) is 15.2. The van der Waals surface area contributed by atoms with E-state index in [0.717, 1.165) is 0 Å². The van der Waals surface area contributed by atoms with E-state index in [1.807, 2.05) is 0 Å². The number of H-pyrrole nitrogens is 1. The summed E-state index contributed by atoms with van der Waals surface area (Å²) < 4.78 is 2.97. The number of allylic oxidation sites excluding steroid dienone is 1. The molecule has 0 radical (unpaired) electrons. The maximum Gasteiger partial charge on any atom is -1.00 e. The first kappa shape index (κ1) is 19.3. The Morgan fingerprint density at radius 3 is 2.46 bits per heavy atom. The molecule has 1 N–H and O–H groups in total. The molecule has 1 nitrogen and oxygen atoms in total. The van der Waals surface area contributed by atoms with Crippen LogP contribution in [-0.4, -0.2) is 4.98 Å². The normalized spacial score (nSPS) is 12.1. The Balaban J connectivity index is 0.00000104. The molecule has 0 bridgehead atoms. The quantitative estimate of drug-likeness (QED) is 0.435. The number of aryl methyl sites for hydroxylation is 2. The van der Waals surface area contributed by atoms with Crippen molar-refractivity contribution in [1.29, 1.82) is 0 Å². The van der Waals surface area contributed by atoms with Crippen LogP contribution in [-0.2, 0) is 23.2 Å². The molecule has 0 unspecified atom stereocenters. The fourth-order valence-electron chi connectivity index (χ4n) is 3.30. The molecule has 0 aliphatic heterocycles. The van der Waals surface area contributed by atoms with Crippen LogP contribution in [0.2, 0.25) is 0 Å². The summed E-state index contributed by atoms with van der Waals surface area (Å²) >= 11 is -0.895. The predicted octanol–water partition coefficient (Wildman–Crippen LogP) is -3.34. The minimum absolute atomic E-state index is 0. The molecule has 4 heteroatoms. The van der Waals surface area contributed by atoms with Gasteiger partial charge in [0.15, 0.2) is 0 Å². The first-order valence-electron chi connectivity index (χ1n) is 7.50. The standard InChI is InChI=1S/C10H10N.C10H7.2ClH.Zr/c1-7-4-3-5-9-10(7)8(2)6-11-9;1-8-6-9-4-2-3-5-10(9)7-8;;;/h3-5,11H,1-2H3;2-6H,1H2;2*1H;/q;;;;+2/p-2. The van der Waals surface area contributed by atoms with E-state index in [1.54, 1.807) is 0 Å². The summed E-state index contributed by atoms with van der Waals surface area (Å²) in [7, 11) is 0. The van der Waals surface area contributed by atoms with Crippen LogP contribution in [0.3, 0.4) is 0 Å². The van der Waals surface area contributed by atoms with E-state index in [9.17, 15) is 0 Å². The average molecular weight is 433 g/mol. The van der Waals surface area contributed by atoms with Gasteiger partial charge >= 0.3 is 142 Å². The fourth-order valence-corrected chi connectivity index (χ4v) is 6.63. The van der Waals surface area contributed by atoms with Gasteiger partial charge in [0.05, 0.1) is 0 Å². The Bertz CT molecular complexity index is 1050. The van der Waals surface area contributed by atoms with Crippen molar-refractivity contribution in [2.45, 2.75) is 13.8 Å². The molecule has 2 aromatic carbocycles. The molecular formula is C20H17Cl2NZr. The second-order valence-corrected chi connectivity index (χ2v) is 8.95. The topological polar surface area (TPSA) is 15.8 Å². The Morgan fingerprint density at radius 2 is 1.71 bits per heavy atom. The second kappa shape index (κ2) is 7.44. The summed E-state index contributed by atoms with van der Waals surface area (Å²) in [6.45, 7) is 8.74. The average Bonchev–Trinajstić information content (AvgIpc) is 2.99. The van der Waals surface area contributed by atoms with E-state index in [1.165, 1.54) is 44.7 Å². The van der Waals surface area contributed by atoms with Gasteiger partial charge in [0, 0.05) is 0 Å². The minimum Gasteiger partial charge on any atom is -1.00 e. The van der Waals surface area contributed by atoms with Gasteiger partial charge in [-0.3, -0.25) is 0 Å². The van der Waals surface area contributed by atoms with Crippen LogP contribution in [0.4, 0.5) is 0 Å². The minimum atomic E-state index is -0.895. The van der Waals surface area contributed by atoms with Crippen LogP contribution in [0.5, 0.6) is 0 Å². The van der Waals surface area contributed by atoms with Gasteiger partial charge in [0.25, 0.3) is 0 Å². The van der Waals surface area contributed by atoms with Gasteiger partial charge < -0.3 is 24.8 Å². The van der Waals surface area contributed by atoms with Crippen molar-refractivity contribution >= 4 is 23.7 Å². The van der Waals surface area contributed by atoms with E-state index in [-0.39, 0.29) is 24.8 Å². The van der Waals surface area contributed by atoms with Crippen molar-refractivity contribution in [1.82, 2.24) is 4.98 Å². The van der Waals surface area contributed by atoms with Gasteiger partial charge in [-0.1, -0.05) is 0 Å². The second-order valence-electron chi connectivity index (χ2n) is 5.88. The molecule has 1 heterocycles. The van der Waals surface area contributed by atoms with Crippen LogP contribution in [0, 0.1) is 13.8 Å². The summed E-state index contributed by atoms with van der Waals surface area (Å²) in [5, 5.41) is 4.13. The maximum absolute atomic E-state index is 4.28. The van der Waals surface area contributed by atoms with Crippen LogP contribution in [0.1, 0.15) is 11.1 Å². The molecule has 3 aromatic rings. The van der Waals surface area contributed by atoms with Gasteiger partial charge in [-0.05, 0) is 0 Å². The largest absolute Gasteiger partial charge is 1.00 e. The van der Waals surface area contributed by atoms with E-state index >= 15 is 0 Å². The van der Waals surface area contributed by atoms with Crippen LogP contribution >= 0.6 is 0 Å². The number of nitrogens with one attached hydrogen (secondary N) is 1. The molecule has 24 heavy (non-hydrogen) atoms. The zero-order valence-corrected chi connectivity index (χ0v) is 17.6. The monoisotopic (exact) mass is 431 g/mol. The van der Waals surface area contributed by atoms with E-state index in [2.05, 4.69) is 74.0 Å². The molecule has 1 aliphatic rings. The first-order chi connectivity index (χ1) is 10.6. The van der Waals surface area contributed by atoms with Crippen molar-refractivity contribution < 1.29 is 48.0 Å². The van der Waals surface area contributed by atoms with E-state index < -0.39 is 23.2 Å². The SMILES string of the molecule is C=C1C=c2ccccc2=[C]1[Zr+2][c]1[nH]c2cccc(C)c2c1C.[Cl-].[Cl-]. The molecule has 0 amide bonds. The molecule has 120 valence electrons. The molecule has 4 rings (SSSR count). The third-order valence-corrected chi connectivity index (χ3v) is 8.32. The van der Waals surface area contributed by atoms with Crippen LogP contribution in [0.15, 0.2) is 54.6 Å². The van der Waals surface area contributed by atoms with Crippen molar-refractivity contribution in [3.63, 3.8) is 0 Å². The Kier molecular flexibility index (Phi) is 5.97. The summed E-state index contributed by atoms with van der Waals surface area (Å²) in [5.41, 5.74) is 5.28. The predicted molar refractivity (Wildman–Crippen MR) is 90.1 cm³/mol. The number of hydrogen-bond acceptors (Lipinski definition) is 0. The Hall–Kier alpha value is -1.08. The Morgan fingerprint density at radius 1 is 0.958 bits per heavy atom. The number of halogens is 2. The van der Waals surface area contributed by atoms with E-state index in [0.29, 0.717) is 0 Å².